The monoisotopic (exact) mass is 237 g/mol. The first kappa shape index (κ1) is 11.9. The van der Waals surface area contributed by atoms with Crippen molar-refractivity contribution in [3.05, 3.63) is 53.1 Å². The molecule has 0 fully saturated rings. The highest BCUT2D eigenvalue weighted by Gasteiger charge is 2.16. The predicted molar refractivity (Wildman–Crippen MR) is 70.3 cm³/mol. The van der Waals surface area contributed by atoms with Crippen molar-refractivity contribution in [2.75, 3.05) is 0 Å². The minimum atomic E-state index is -1.02. The Kier molecular flexibility index (Phi) is 3.11. The molecular formula is C15H11NO2. The van der Waals surface area contributed by atoms with Gasteiger partial charge < -0.3 is 5.11 Å². The first-order chi connectivity index (χ1) is 8.69. The Morgan fingerprint density at radius 3 is 2.72 bits per heavy atom. The van der Waals surface area contributed by atoms with Gasteiger partial charge in [0.05, 0.1) is 17.2 Å². The van der Waals surface area contributed by atoms with Gasteiger partial charge in [-0.15, -0.1) is 0 Å². The van der Waals surface area contributed by atoms with Gasteiger partial charge in [-0.2, -0.15) is 5.26 Å². The van der Waals surface area contributed by atoms with E-state index in [1.165, 1.54) is 0 Å². The fourth-order valence-electron chi connectivity index (χ4n) is 2.03. The fraction of sp³-hybridized carbons (Fsp3) is 0.0667. The summed E-state index contributed by atoms with van der Waals surface area (Å²) in [6.45, 7) is 1.79. The highest BCUT2D eigenvalue weighted by Crippen LogP contribution is 2.27. The SMILES string of the molecule is CC=Cc1c(C#N)cc2ccccc2c1C(=O)O. The Morgan fingerprint density at radius 2 is 2.11 bits per heavy atom. The maximum Gasteiger partial charge on any atom is 0.336 e. The molecule has 2 aromatic rings. The van der Waals surface area contributed by atoms with Crippen LogP contribution in [0, 0.1) is 11.3 Å². The van der Waals surface area contributed by atoms with Crippen LogP contribution in [-0.4, -0.2) is 11.1 Å². The van der Waals surface area contributed by atoms with Crippen molar-refractivity contribution in [2.45, 2.75) is 6.92 Å². The number of allylic oxidation sites excluding steroid dienone is 1. The van der Waals surface area contributed by atoms with Gasteiger partial charge in [-0.3, -0.25) is 0 Å². The average Bonchev–Trinajstić information content (AvgIpc) is 2.37. The van der Waals surface area contributed by atoms with Gasteiger partial charge in [-0.25, -0.2) is 4.79 Å². The Hall–Kier alpha value is -2.60. The molecule has 0 amide bonds. The first-order valence-corrected chi connectivity index (χ1v) is 5.51. The smallest absolute Gasteiger partial charge is 0.336 e. The third kappa shape index (κ3) is 1.85. The molecule has 0 atom stereocenters. The second-order valence-corrected chi connectivity index (χ2v) is 3.85. The van der Waals surface area contributed by atoms with E-state index in [4.69, 9.17) is 5.26 Å². The summed E-state index contributed by atoms with van der Waals surface area (Å²) < 4.78 is 0. The average molecular weight is 237 g/mol. The molecule has 2 aromatic carbocycles. The zero-order valence-corrected chi connectivity index (χ0v) is 9.84. The normalized spacial score (nSPS) is 10.7. The van der Waals surface area contributed by atoms with Gasteiger partial charge in [0.2, 0.25) is 0 Å². The molecule has 0 saturated heterocycles. The molecule has 3 nitrogen and oxygen atoms in total. The summed E-state index contributed by atoms with van der Waals surface area (Å²) in [6, 6.07) is 11.0. The Balaban J connectivity index is 2.99. The number of hydrogen-bond acceptors (Lipinski definition) is 2. The summed E-state index contributed by atoms with van der Waals surface area (Å²) in [4.78, 5) is 11.4. The van der Waals surface area contributed by atoms with Crippen molar-refractivity contribution in [2.24, 2.45) is 0 Å². The Bertz CT molecular complexity index is 693. The van der Waals surface area contributed by atoms with Crippen LogP contribution >= 0.6 is 0 Å². The number of benzene rings is 2. The molecule has 0 heterocycles. The molecule has 0 aliphatic rings. The Labute approximate surface area is 105 Å². The number of aromatic carboxylic acids is 1. The molecular weight excluding hydrogens is 226 g/mol. The molecule has 0 radical (unpaired) electrons. The second-order valence-electron chi connectivity index (χ2n) is 3.85. The zero-order chi connectivity index (χ0) is 13.1. The van der Waals surface area contributed by atoms with Crippen LogP contribution in [-0.2, 0) is 0 Å². The van der Waals surface area contributed by atoms with Crippen molar-refractivity contribution >= 4 is 22.8 Å². The lowest BCUT2D eigenvalue weighted by atomic mass is 9.94. The van der Waals surface area contributed by atoms with Crippen molar-refractivity contribution in [3.8, 4) is 6.07 Å². The van der Waals surface area contributed by atoms with Gasteiger partial charge in [-0.05, 0) is 23.8 Å². The maximum atomic E-state index is 11.4. The number of nitriles is 1. The summed E-state index contributed by atoms with van der Waals surface area (Å²) >= 11 is 0. The number of rotatable bonds is 2. The summed E-state index contributed by atoms with van der Waals surface area (Å²) in [6.07, 6.45) is 3.39. The number of carboxylic acids is 1. The summed E-state index contributed by atoms with van der Waals surface area (Å²) in [5.41, 5.74) is 1.03. The molecule has 2 rings (SSSR count). The number of carbonyl (C=O) groups is 1. The summed E-state index contributed by atoms with van der Waals surface area (Å²) in [5.74, 6) is -1.02. The van der Waals surface area contributed by atoms with Crippen LogP contribution in [0.25, 0.3) is 16.8 Å². The highest BCUT2D eigenvalue weighted by molar-refractivity contribution is 6.07. The fourth-order valence-corrected chi connectivity index (χ4v) is 2.03. The van der Waals surface area contributed by atoms with Gasteiger partial charge in [0.1, 0.15) is 0 Å². The van der Waals surface area contributed by atoms with E-state index in [9.17, 15) is 9.90 Å². The highest BCUT2D eigenvalue weighted by atomic mass is 16.4. The molecule has 18 heavy (non-hydrogen) atoms. The maximum absolute atomic E-state index is 11.4. The lowest BCUT2D eigenvalue weighted by Crippen LogP contribution is -2.03. The van der Waals surface area contributed by atoms with Crippen molar-refractivity contribution in [3.63, 3.8) is 0 Å². The molecule has 0 bridgehead atoms. The van der Waals surface area contributed by atoms with E-state index in [-0.39, 0.29) is 5.56 Å². The van der Waals surface area contributed by atoms with E-state index < -0.39 is 5.97 Å². The number of hydrogen-bond donors (Lipinski definition) is 1. The molecule has 0 unspecified atom stereocenters. The van der Waals surface area contributed by atoms with Crippen molar-refractivity contribution in [1.82, 2.24) is 0 Å². The van der Waals surface area contributed by atoms with Crippen molar-refractivity contribution in [1.29, 1.82) is 5.26 Å². The number of fused-ring (bicyclic) bond motifs is 1. The van der Waals surface area contributed by atoms with Crippen LogP contribution < -0.4 is 0 Å². The van der Waals surface area contributed by atoms with Gasteiger partial charge in [0.15, 0.2) is 0 Å². The quantitative estimate of drug-likeness (QED) is 0.870. The third-order valence-corrected chi connectivity index (χ3v) is 2.76. The molecule has 0 aliphatic carbocycles. The first-order valence-electron chi connectivity index (χ1n) is 5.51. The Morgan fingerprint density at radius 1 is 1.39 bits per heavy atom. The minimum absolute atomic E-state index is 0.183. The molecule has 0 saturated carbocycles. The van der Waals surface area contributed by atoms with Crippen LogP contribution in [0.1, 0.15) is 28.4 Å². The molecule has 1 N–H and O–H groups in total. The predicted octanol–water partition coefficient (Wildman–Crippen LogP) is 3.44. The molecule has 88 valence electrons. The van der Waals surface area contributed by atoms with Crippen molar-refractivity contribution < 1.29 is 9.90 Å². The van der Waals surface area contributed by atoms with E-state index in [0.717, 1.165) is 5.39 Å². The largest absolute Gasteiger partial charge is 0.478 e. The van der Waals surface area contributed by atoms with E-state index in [1.807, 2.05) is 12.1 Å². The zero-order valence-electron chi connectivity index (χ0n) is 9.84. The van der Waals surface area contributed by atoms with Crippen LogP contribution in [0.4, 0.5) is 0 Å². The summed E-state index contributed by atoms with van der Waals surface area (Å²) in [5, 5.41) is 19.9. The standard InChI is InChI=1S/C15H11NO2/c1-2-5-12-11(9-16)8-10-6-3-4-7-13(10)14(12)15(17)18/h2-8H,1H3,(H,17,18). The van der Waals surface area contributed by atoms with Crippen LogP contribution in [0.2, 0.25) is 0 Å². The second kappa shape index (κ2) is 4.72. The molecule has 0 aromatic heterocycles. The van der Waals surface area contributed by atoms with E-state index >= 15 is 0 Å². The van der Waals surface area contributed by atoms with E-state index in [1.54, 1.807) is 37.3 Å². The topological polar surface area (TPSA) is 61.1 Å². The van der Waals surface area contributed by atoms with E-state index in [0.29, 0.717) is 16.5 Å². The molecule has 3 heteroatoms. The van der Waals surface area contributed by atoms with Gasteiger partial charge in [0.25, 0.3) is 0 Å². The molecule has 0 aliphatic heterocycles. The van der Waals surface area contributed by atoms with Crippen LogP contribution in [0.15, 0.2) is 36.4 Å². The lowest BCUT2D eigenvalue weighted by Gasteiger charge is -2.08. The summed E-state index contributed by atoms with van der Waals surface area (Å²) in [7, 11) is 0. The van der Waals surface area contributed by atoms with Crippen LogP contribution in [0.3, 0.4) is 0 Å². The van der Waals surface area contributed by atoms with Gasteiger partial charge >= 0.3 is 5.97 Å². The number of carboxylic acid groups (broad SMARTS) is 1. The lowest BCUT2D eigenvalue weighted by molar-refractivity contribution is 0.0699. The van der Waals surface area contributed by atoms with E-state index in [2.05, 4.69) is 6.07 Å². The minimum Gasteiger partial charge on any atom is -0.478 e. The number of nitrogens with zero attached hydrogens (tertiary/aromatic N) is 1. The van der Waals surface area contributed by atoms with Gasteiger partial charge in [0, 0.05) is 5.56 Å². The van der Waals surface area contributed by atoms with Crippen LogP contribution in [0.5, 0.6) is 0 Å². The van der Waals surface area contributed by atoms with Gasteiger partial charge in [-0.1, -0.05) is 36.4 Å². The molecule has 0 spiro atoms. The third-order valence-electron chi connectivity index (χ3n) is 2.76.